The number of fused-ring (bicyclic) bond motifs is 1. The molecule has 2 aliphatic rings. The zero-order valence-electron chi connectivity index (χ0n) is 12.1. The monoisotopic (exact) mass is 296 g/mol. The van der Waals surface area contributed by atoms with E-state index < -0.39 is 0 Å². The Kier molecular flexibility index (Phi) is 3.10. The highest BCUT2D eigenvalue weighted by molar-refractivity contribution is 5.87. The van der Waals surface area contributed by atoms with Gasteiger partial charge in [0.2, 0.25) is 0 Å². The number of carbonyl (C=O) groups is 2. The molecule has 0 heterocycles. The zero-order valence-corrected chi connectivity index (χ0v) is 12.1. The van der Waals surface area contributed by atoms with E-state index in [1.165, 1.54) is 0 Å². The van der Waals surface area contributed by atoms with Crippen LogP contribution in [0, 0.1) is 11.8 Å². The van der Waals surface area contributed by atoms with Crippen LogP contribution in [0.15, 0.2) is 36.4 Å². The van der Waals surface area contributed by atoms with Gasteiger partial charge in [-0.15, -0.1) is 0 Å². The van der Waals surface area contributed by atoms with Gasteiger partial charge >= 0.3 is 11.9 Å². The predicted octanol–water partition coefficient (Wildman–Crippen LogP) is 3.47. The standard InChI is InChI=1S/C18H16O4/c19-17(12-1-2-12)21-15-7-5-11-6-8-16(10-14(11)9-15)22-18(20)13-3-4-13/h5-10,12-13H,1-4H2. The lowest BCUT2D eigenvalue weighted by molar-refractivity contribution is -0.136. The molecule has 4 rings (SSSR count). The van der Waals surface area contributed by atoms with Crippen molar-refractivity contribution in [1.29, 1.82) is 0 Å². The third kappa shape index (κ3) is 2.82. The first-order valence-electron chi connectivity index (χ1n) is 7.66. The summed E-state index contributed by atoms with van der Waals surface area (Å²) in [6.07, 6.45) is 3.70. The summed E-state index contributed by atoms with van der Waals surface area (Å²) >= 11 is 0. The molecule has 22 heavy (non-hydrogen) atoms. The molecule has 0 amide bonds. The van der Waals surface area contributed by atoms with Crippen molar-refractivity contribution in [3.63, 3.8) is 0 Å². The third-order valence-corrected chi connectivity index (χ3v) is 4.04. The Labute approximate surface area is 128 Å². The van der Waals surface area contributed by atoms with Gasteiger partial charge < -0.3 is 9.47 Å². The summed E-state index contributed by atoms with van der Waals surface area (Å²) in [6.45, 7) is 0. The molecular weight excluding hydrogens is 280 g/mol. The molecule has 0 unspecified atom stereocenters. The molecule has 112 valence electrons. The first-order chi connectivity index (χ1) is 10.7. The van der Waals surface area contributed by atoms with Gasteiger partial charge in [0, 0.05) is 0 Å². The van der Waals surface area contributed by atoms with Gasteiger partial charge in [-0.2, -0.15) is 0 Å². The van der Waals surface area contributed by atoms with Crippen LogP contribution in [0.4, 0.5) is 0 Å². The maximum atomic E-state index is 11.7. The van der Waals surface area contributed by atoms with Crippen LogP contribution < -0.4 is 9.47 Å². The maximum absolute atomic E-state index is 11.7. The van der Waals surface area contributed by atoms with Crippen molar-refractivity contribution in [1.82, 2.24) is 0 Å². The van der Waals surface area contributed by atoms with Crippen molar-refractivity contribution in [2.75, 3.05) is 0 Å². The van der Waals surface area contributed by atoms with E-state index in [4.69, 9.17) is 9.47 Å². The second-order valence-electron chi connectivity index (χ2n) is 6.06. The molecule has 0 N–H and O–H groups in total. The molecule has 0 atom stereocenters. The van der Waals surface area contributed by atoms with Crippen molar-refractivity contribution >= 4 is 22.7 Å². The number of carbonyl (C=O) groups excluding carboxylic acids is 2. The van der Waals surface area contributed by atoms with Crippen molar-refractivity contribution in [2.24, 2.45) is 11.8 Å². The van der Waals surface area contributed by atoms with E-state index in [9.17, 15) is 9.59 Å². The van der Waals surface area contributed by atoms with Gasteiger partial charge in [-0.1, -0.05) is 12.1 Å². The second-order valence-corrected chi connectivity index (χ2v) is 6.06. The van der Waals surface area contributed by atoms with Crippen LogP contribution in [0.1, 0.15) is 25.7 Å². The molecule has 2 aliphatic carbocycles. The van der Waals surface area contributed by atoms with Crippen LogP contribution in [-0.4, -0.2) is 11.9 Å². The highest BCUT2D eigenvalue weighted by atomic mass is 16.5. The molecule has 2 fully saturated rings. The Morgan fingerprint density at radius 1 is 0.727 bits per heavy atom. The summed E-state index contributed by atoms with van der Waals surface area (Å²) in [4.78, 5) is 23.4. The third-order valence-electron chi connectivity index (χ3n) is 4.04. The highest BCUT2D eigenvalue weighted by Gasteiger charge is 2.32. The molecule has 4 nitrogen and oxygen atoms in total. The average molecular weight is 296 g/mol. The van der Waals surface area contributed by atoms with Gasteiger partial charge in [-0.3, -0.25) is 9.59 Å². The summed E-state index contributed by atoms with van der Waals surface area (Å²) in [6, 6.07) is 11.0. The van der Waals surface area contributed by atoms with Crippen LogP contribution in [0.5, 0.6) is 11.5 Å². The van der Waals surface area contributed by atoms with Gasteiger partial charge in [0.25, 0.3) is 0 Å². The van der Waals surface area contributed by atoms with Crippen molar-refractivity contribution in [2.45, 2.75) is 25.7 Å². The second kappa shape index (κ2) is 5.13. The summed E-state index contributed by atoms with van der Waals surface area (Å²) < 4.78 is 10.7. The van der Waals surface area contributed by atoms with E-state index >= 15 is 0 Å². The minimum absolute atomic E-state index is 0.0709. The first-order valence-corrected chi connectivity index (χ1v) is 7.66. The Hall–Kier alpha value is -2.36. The quantitative estimate of drug-likeness (QED) is 0.640. The molecule has 0 saturated heterocycles. The smallest absolute Gasteiger partial charge is 0.314 e. The fraction of sp³-hybridized carbons (Fsp3) is 0.333. The summed E-state index contributed by atoms with van der Waals surface area (Å²) in [5.41, 5.74) is 0. The molecule has 2 saturated carbocycles. The predicted molar refractivity (Wildman–Crippen MR) is 80.7 cm³/mol. The topological polar surface area (TPSA) is 52.6 Å². The van der Waals surface area contributed by atoms with Gasteiger partial charge in [-0.05, 0) is 60.7 Å². The fourth-order valence-corrected chi connectivity index (χ4v) is 2.37. The molecule has 0 radical (unpaired) electrons. The Morgan fingerprint density at radius 3 is 1.59 bits per heavy atom. The van der Waals surface area contributed by atoms with Crippen molar-refractivity contribution < 1.29 is 19.1 Å². The van der Waals surface area contributed by atoms with E-state index in [-0.39, 0.29) is 23.8 Å². The van der Waals surface area contributed by atoms with Crippen LogP contribution in [0.25, 0.3) is 10.8 Å². The molecule has 0 aliphatic heterocycles. The highest BCUT2D eigenvalue weighted by Crippen LogP contribution is 2.33. The Bertz CT molecular complexity index is 696. The SMILES string of the molecule is O=C(Oc1ccc2ccc(OC(=O)C3CC3)cc2c1)C1CC1. The average Bonchev–Trinajstić information content (AvgIpc) is 3.40. The number of hydrogen-bond acceptors (Lipinski definition) is 4. The van der Waals surface area contributed by atoms with E-state index in [0.717, 1.165) is 36.5 Å². The van der Waals surface area contributed by atoms with E-state index in [0.29, 0.717) is 11.5 Å². The molecule has 0 bridgehead atoms. The van der Waals surface area contributed by atoms with E-state index in [1.54, 1.807) is 12.1 Å². The molecule has 4 heteroatoms. The van der Waals surface area contributed by atoms with Crippen molar-refractivity contribution in [3.8, 4) is 11.5 Å². The number of benzene rings is 2. The number of ether oxygens (including phenoxy) is 2. The number of hydrogen-bond donors (Lipinski definition) is 0. The van der Waals surface area contributed by atoms with E-state index in [1.807, 2.05) is 24.3 Å². The van der Waals surface area contributed by atoms with Crippen LogP contribution in [-0.2, 0) is 9.59 Å². The molecule has 0 spiro atoms. The Balaban J connectivity index is 1.56. The number of rotatable bonds is 4. The normalized spacial score (nSPS) is 17.3. The fourth-order valence-electron chi connectivity index (χ4n) is 2.37. The van der Waals surface area contributed by atoms with Gasteiger partial charge in [0.05, 0.1) is 11.8 Å². The summed E-state index contributed by atoms with van der Waals surface area (Å²) in [5, 5.41) is 1.90. The molecule has 2 aromatic rings. The molecule has 2 aromatic carbocycles. The van der Waals surface area contributed by atoms with Gasteiger partial charge in [-0.25, -0.2) is 0 Å². The van der Waals surface area contributed by atoms with Crippen LogP contribution in [0.3, 0.4) is 0 Å². The van der Waals surface area contributed by atoms with E-state index in [2.05, 4.69) is 0 Å². The van der Waals surface area contributed by atoms with Crippen molar-refractivity contribution in [3.05, 3.63) is 36.4 Å². The lowest BCUT2D eigenvalue weighted by Crippen LogP contribution is -2.10. The van der Waals surface area contributed by atoms with Gasteiger partial charge in [0.15, 0.2) is 0 Å². The maximum Gasteiger partial charge on any atom is 0.314 e. The number of esters is 2. The zero-order chi connectivity index (χ0) is 15.1. The van der Waals surface area contributed by atoms with Crippen LogP contribution >= 0.6 is 0 Å². The Morgan fingerprint density at radius 2 is 1.18 bits per heavy atom. The minimum Gasteiger partial charge on any atom is -0.426 e. The summed E-state index contributed by atoms with van der Waals surface area (Å²) in [5.74, 6) is 0.902. The molecular formula is C18H16O4. The van der Waals surface area contributed by atoms with Gasteiger partial charge in [0.1, 0.15) is 11.5 Å². The largest absolute Gasteiger partial charge is 0.426 e. The first kappa shape index (κ1) is 13.3. The lowest BCUT2D eigenvalue weighted by Gasteiger charge is -2.07. The van der Waals surface area contributed by atoms with Crippen LogP contribution in [0.2, 0.25) is 0 Å². The minimum atomic E-state index is -0.157. The summed E-state index contributed by atoms with van der Waals surface area (Å²) in [7, 11) is 0. The lowest BCUT2D eigenvalue weighted by atomic mass is 10.1. The molecule has 0 aromatic heterocycles.